The van der Waals surface area contributed by atoms with E-state index in [-0.39, 0.29) is 24.5 Å². The van der Waals surface area contributed by atoms with Gasteiger partial charge in [0.2, 0.25) is 0 Å². The molecule has 1 aromatic heterocycles. The van der Waals surface area contributed by atoms with Crippen LogP contribution in [0.15, 0.2) is 53.3 Å². The number of rotatable bonds is 9. The number of amides is 1. The fourth-order valence-electron chi connectivity index (χ4n) is 3.34. The van der Waals surface area contributed by atoms with Gasteiger partial charge in [0.25, 0.3) is 5.56 Å². The van der Waals surface area contributed by atoms with Gasteiger partial charge in [0.15, 0.2) is 17.4 Å². The van der Waals surface area contributed by atoms with E-state index in [4.69, 9.17) is 9.47 Å². The number of nitrogens with zero attached hydrogens (tertiary/aromatic N) is 3. The van der Waals surface area contributed by atoms with Crippen molar-refractivity contribution in [3.63, 3.8) is 0 Å². The van der Waals surface area contributed by atoms with Crippen LogP contribution in [0, 0.1) is 11.6 Å². The minimum atomic E-state index is -0.857. The summed E-state index contributed by atoms with van der Waals surface area (Å²) in [5, 5.41) is 6.96. The van der Waals surface area contributed by atoms with E-state index >= 15 is 0 Å². The van der Waals surface area contributed by atoms with Gasteiger partial charge in [-0.2, -0.15) is 5.10 Å². The van der Waals surface area contributed by atoms with E-state index in [9.17, 15) is 18.4 Å². The average molecular weight is 487 g/mol. The Hall–Kier alpha value is -3.79. The number of ether oxygens (including phenoxy) is 2. The van der Waals surface area contributed by atoms with Gasteiger partial charge in [0.1, 0.15) is 6.61 Å². The number of benzene rings is 2. The van der Waals surface area contributed by atoms with Crippen molar-refractivity contribution in [2.75, 3.05) is 39.2 Å². The lowest BCUT2D eigenvalue weighted by Gasteiger charge is -2.17. The molecule has 3 rings (SSSR count). The topological polar surface area (TPSA) is 85.7 Å². The molecule has 0 aliphatic rings. The van der Waals surface area contributed by atoms with Crippen molar-refractivity contribution in [3.05, 3.63) is 76.1 Å². The summed E-state index contributed by atoms with van der Waals surface area (Å²) in [5.41, 5.74) is 1.17. The molecule has 3 aromatic rings. The van der Waals surface area contributed by atoms with Crippen LogP contribution in [-0.4, -0.2) is 54.6 Å². The van der Waals surface area contributed by atoms with Gasteiger partial charge in [-0.3, -0.25) is 10.1 Å². The van der Waals surface area contributed by atoms with Crippen LogP contribution >= 0.6 is 0 Å². The number of halogens is 2. The Morgan fingerprint density at radius 2 is 1.86 bits per heavy atom. The monoisotopic (exact) mass is 486 g/mol. The highest BCUT2D eigenvalue weighted by Crippen LogP contribution is 2.28. The van der Waals surface area contributed by atoms with Crippen molar-refractivity contribution in [1.29, 1.82) is 0 Å². The van der Waals surface area contributed by atoms with Crippen molar-refractivity contribution < 1.29 is 23.0 Å². The lowest BCUT2D eigenvalue weighted by atomic mass is 10.1. The van der Waals surface area contributed by atoms with Crippen molar-refractivity contribution in [1.82, 2.24) is 14.7 Å². The fraction of sp³-hybridized carbons (Fsp3) is 0.320. The molecule has 0 saturated heterocycles. The van der Waals surface area contributed by atoms with Gasteiger partial charge in [0.05, 0.1) is 18.3 Å². The molecule has 1 unspecified atom stereocenters. The van der Waals surface area contributed by atoms with Gasteiger partial charge < -0.3 is 14.4 Å². The van der Waals surface area contributed by atoms with Crippen LogP contribution in [0.5, 0.6) is 5.75 Å². The molecular formula is C25H28F2N4O4. The molecule has 0 bridgehead atoms. The van der Waals surface area contributed by atoms with E-state index in [0.717, 1.165) is 12.1 Å². The second-order valence-electron chi connectivity index (χ2n) is 8.07. The van der Waals surface area contributed by atoms with Crippen LogP contribution in [0.1, 0.15) is 25.5 Å². The molecule has 0 fully saturated rings. The SMILES string of the molecule is CCOC(=O)Nc1cccc(C(C)n2nc(-c3cc(F)c(OCCN(C)C)c(F)c3)ccc2=O)c1. The molecular weight excluding hydrogens is 458 g/mol. The molecule has 10 heteroatoms. The lowest BCUT2D eigenvalue weighted by molar-refractivity contribution is 0.168. The number of hydrogen-bond donors (Lipinski definition) is 1. The number of aromatic nitrogens is 2. The Morgan fingerprint density at radius 3 is 2.51 bits per heavy atom. The molecule has 1 atom stereocenters. The number of anilines is 1. The second kappa shape index (κ2) is 11.6. The summed E-state index contributed by atoms with van der Waals surface area (Å²) in [6, 6.07) is 11.3. The lowest BCUT2D eigenvalue weighted by Crippen LogP contribution is -2.26. The molecule has 0 saturated carbocycles. The highest BCUT2D eigenvalue weighted by atomic mass is 19.1. The van der Waals surface area contributed by atoms with Crippen LogP contribution in [0.4, 0.5) is 19.3 Å². The number of carbonyl (C=O) groups is 1. The van der Waals surface area contributed by atoms with Gasteiger partial charge in [-0.15, -0.1) is 0 Å². The van der Waals surface area contributed by atoms with Crippen molar-refractivity contribution in [2.45, 2.75) is 19.9 Å². The van der Waals surface area contributed by atoms with Gasteiger partial charge in [0, 0.05) is 23.9 Å². The summed E-state index contributed by atoms with van der Waals surface area (Å²) in [6.07, 6.45) is -0.590. The Morgan fingerprint density at radius 1 is 1.14 bits per heavy atom. The van der Waals surface area contributed by atoms with E-state index < -0.39 is 35.1 Å². The molecule has 0 spiro atoms. The zero-order valence-corrected chi connectivity index (χ0v) is 20.0. The van der Waals surface area contributed by atoms with E-state index in [1.807, 2.05) is 19.0 Å². The quantitative estimate of drug-likeness (QED) is 0.485. The summed E-state index contributed by atoms with van der Waals surface area (Å²) < 4.78 is 40.6. The van der Waals surface area contributed by atoms with Gasteiger partial charge >= 0.3 is 6.09 Å². The highest BCUT2D eigenvalue weighted by molar-refractivity contribution is 5.84. The Bertz CT molecular complexity index is 1220. The van der Waals surface area contributed by atoms with E-state index in [0.29, 0.717) is 17.8 Å². The second-order valence-corrected chi connectivity index (χ2v) is 8.07. The maximum absolute atomic E-state index is 14.6. The third-order valence-corrected chi connectivity index (χ3v) is 5.16. The molecule has 35 heavy (non-hydrogen) atoms. The number of hydrogen-bond acceptors (Lipinski definition) is 6. The predicted octanol–water partition coefficient (Wildman–Crippen LogP) is 4.31. The molecule has 8 nitrogen and oxygen atoms in total. The molecule has 1 heterocycles. The molecule has 1 N–H and O–H groups in total. The Kier molecular flexibility index (Phi) is 8.53. The predicted molar refractivity (Wildman–Crippen MR) is 129 cm³/mol. The van der Waals surface area contributed by atoms with Crippen molar-refractivity contribution >= 4 is 11.8 Å². The fourth-order valence-corrected chi connectivity index (χ4v) is 3.34. The summed E-state index contributed by atoms with van der Waals surface area (Å²) in [4.78, 5) is 26.1. The van der Waals surface area contributed by atoms with Gasteiger partial charge in [-0.1, -0.05) is 12.1 Å². The zero-order chi connectivity index (χ0) is 25.5. The number of likely N-dealkylation sites (N-methyl/N-ethyl adjacent to an activating group) is 1. The van der Waals surface area contributed by atoms with Crippen LogP contribution in [0.3, 0.4) is 0 Å². The van der Waals surface area contributed by atoms with E-state index in [1.54, 1.807) is 38.1 Å². The molecule has 2 aromatic carbocycles. The number of carbonyl (C=O) groups excluding carboxylic acids is 1. The largest absolute Gasteiger partial charge is 0.486 e. The average Bonchev–Trinajstić information content (AvgIpc) is 2.80. The normalized spacial score (nSPS) is 11.9. The summed E-state index contributed by atoms with van der Waals surface area (Å²) in [6.45, 7) is 4.32. The van der Waals surface area contributed by atoms with E-state index in [1.165, 1.54) is 16.8 Å². The van der Waals surface area contributed by atoms with E-state index in [2.05, 4.69) is 10.4 Å². The Balaban J connectivity index is 1.88. The smallest absolute Gasteiger partial charge is 0.411 e. The van der Waals surface area contributed by atoms with Gasteiger partial charge in [-0.25, -0.2) is 18.3 Å². The summed E-state index contributed by atoms with van der Waals surface area (Å²) in [7, 11) is 3.65. The first-order valence-electron chi connectivity index (χ1n) is 11.1. The molecule has 0 aliphatic carbocycles. The minimum absolute atomic E-state index is 0.130. The summed E-state index contributed by atoms with van der Waals surface area (Å²) in [5.74, 6) is -2.17. The maximum atomic E-state index is 14.6. The van der Waals surface area contributed by atoms with Crippen LogP contribution < -0.4 is 15.6 Å². The highest BCUT2D eigenvalue weighted by Gasteiger charge is 2.17. The van der Waals surface area contributed by atoms with Gasteiger partial charge in [-0.05, 0) is 63.8 Å². The standard InChI is InChI=1S/C25H28F2N4O4/c1-5-34-25(33)28-19-8-6-7-17(13-19)16(2)31-23(32)10-9-22(29-31)18-14-20(26)24(21(27)15-18)35-12-11-30(3)4/h6-10,13-16H,5,11-12H2,1-4H3,(H,28,33). The Labute approximate surface area is 202 Å². The molecule has 186 valence electrons. The maximum Gasteiger partial charge on any atom is 0.411 e. The third kappa shape index (κ3) is 6.63. The first kappa shape index (κ1) is 25.8. The van der Waals surface area contributed by atoms with Crippen LogP contribution in [-0.2, 0) is 4.74 Å². The molecule has 0 radical (unpaired) electrons. The number of nitrogens with one attached hydrogen (secondary N) is 1. The van der Waals surface area contributed by atoms with Crippen molar-refractivity contribution in [2.24, 2.45) is 0 Å². The van der Waals surface area contributed by atoms with Crippen LogP contribution in [0.2, 0.25) is 0 Å². The molecule has 1 amide bonds. The third-order valence-electron chi connectivity index (χ3n) is 5.16. The summed E-state index contributed by atoms with van der Waals surface area (Å²) >= 11 is 0. The van der Waals surface area contributed by atoms with Crippen molar-refractivity contribution in [3.8, 4) is 17.0 Å². The zero-order valence-electron chi connectivity index (χ0n) is 20.0. The first-order chi connectivity index (χ1) is 16.7. The van der Waals surface area contributed by atoms with Crippen LogP contribution in [0.25, 0.3) is 11.3 Å². The minimum Gasteiger partial charge on any atom is -0.486 e. The first-order valence-corrected chi connectivity index (χ1v) is 11.1. The molecule has 0 aliphatic heterocycles.